The van der Waals surface area contributed by atoms with Crippen molar-refractivity contribution < 1.29 is 19.1 Å². The zero-order valence-electron chi connectivity index (χ0n) is 14.4. The highest BCUT2D eigenvalue weighted by molar-refractivity contribution is 5.99. The molecule has 2 N–H and O–H groups in total. The summed E-state index contributed by atoms with van der Waals surface area (Å²) in [4.78, 5) is 25.2. The van der Waals surface area contributed by atoms with Crippen LogP contribution in [-0.4, -0.2) is 32.9 Å². The summed E-state index contributed by atoms with van der Waals surface area (Å²) in [6, 6.07) is 13.5. The van der Waals surface area contributed by atoms with Crippen molar-refractivity contribution in [2.45, 2.75) is 6.92 Å². The van der Waals surface area contributed by atoms with Gasteiger partial charge in [0.05, 0.1) is 6.61 Å². The summed E-state index contributed by atoms with van der Waals surface area (Å²) in [6.07, 6.45) is -0.762. The number of carbonyl (C=O) groups excluding carboxylic acids is 2. The highest BCUT2D eigenvalue weighted by Crippen LogP contribution is 2.18. The number of hydrogen-bond donors (Lipinski definition) is 2. The van der Waals surface area contributed by atoms with E-state index in [0.29, 0.717) is 17.1 Å². The van der Waals surface area contributed by atoms with Crippen LogP contribution in [0, 0.1) is 0 Å². The van der Waals surface area contributed by atoms with E-state index in [4.69, 9.17) is 4.74 Å². The quantitative estimate of drug-likeness (QED) is 0.635. The van der Waals surface area contributed by atoms with E-state index in [9.17, 15) is 9.59 Å². The van der Waals surface area contributed by atoms with Crippen LogP contribution in [0.25, 0.3) is 0 Å². The molecule has 7 heteroatoms. The molecule has 25 heavy (non-hydrogen) atoms. The Kier molecular flexibility index (Phi) is 6.22. The lowest BCUT2D eigenvalue weighted by Gasteiger charge is -2.13. The second-order valence-electron chi connectivity index (χ2n) is 5.33. The molecule has 132 valence electrons. The first kappa shape index (κ1) is 18.1. The predicted molar refractivity (Wildman–Crippen MR) is 97.5 cm³/mol. The molecular weight excluding hydrogens is 322 g/mol. The molecule has 0 atom stereocenters. The SMILES string of the molecule is CCOC(=O)Oc1ccc(NC(=O)Nc2ccc(N(C)C)cc2)cc1. The Morgan fingerprint density at radius 1 is 0.920 bits per heavy atom. The number of carbonyl (C=O) groups is 2. The van der Waals surface area contributed by atoms with Gasteiger partial charge in [-0.3, -0.25) is 0 Å². The standard InChI is InChI=1S/C18H21N3O4/c1-4-24-18(23)25-16-11-7-14(8-12-16)20-17(22)19-13-5-9-15(10-6-13)21(2)3/h5-12H,4H2,1-3H3,(H2,19,20,22). The fourth-order valence-electron chi connectivity index (χ4n) is 1.99. The number of nitrogens with one attached hydrogen (secondary N) is 2. The molecule has 0 aliphatic heterocycles. The molecule has 0 bridgehead atoms. The first-order valence-electron chi connectivity index (χ1n) is 7.78. The Labute approximate surface area is 146 Å². The van der Waals surface area contributed by atoms with Crippen molar-refractivity contribution in [3.8, 4) is 5.75 Å². The summed E-state index contributed by atoms with van der Waals surface area (Å²) in [6.45, 7) is 1.94. The molecule has 2 aromatic carbocycles. The van der Waals surface area contributed by atoms with E-state index in [1.165, 1.54) is 0 Å². The second-order valence-corrected chi connectivity index (χ2v) is 5.33. The largest absolute Gasteiger partial charge is 0.513 e. The number of rotatable bonds is 5. The lowest BCUT2D eigenvalue weighted by molar-refractivity contribution is 0.104. The summed E-state index contributed by atoms with van der Waals surface area (Å²) in [5.41, 5.74) is 2.30. The van der Waals surface area contributed by atoms with E-state index in [0.717, 1.165) is 5.69 Å². The van der Waals surface area contributed by atoms with Gasteiger partial charge in [-0.1, -0.05) is 0 Å². The molecule has 2 amide bonds. The molecule has 0 heterocycles. The van der Waals surface area contributed by atoms with Crippen molar-refractivity contribution in [2.75, 3.05) is 36.2 Å². The summed E-state index contributed by atoms with van der Waals surface area (Å²) < 4.78 is 9.63. The van der Waals surface area contributed by atoms with Crippen molar-refractivity contribution >= 4 is 29.2 Å². The van der Waals surface area contributed by atoms with Crippen molar-refractivity contribution in [2.24, 2.45) is 0 Å². The van der Waals surface area contributed by atoms with Crippen molar-refractivity contribution in [1.29, 1.82) is 0 Å². The van der Waals surface area contributed by atoms with Crippen LogP contribution < -0.4 is 20.3 Å². The van der Waals surface area contributed by atoms with Gasteiger partial charge in [-0.2, -0.15) is 0 Å². The monoisotopic (exact) mass is 343 g/mol. The van der Waals surface area contributed by atoms with E-state index < -0.39 is 6.16 Å². The molecule has 2 rings (SSSR count). The van der Waals surface area contributed by atoms with Crippen LogP contribution in [0.1, 0.15) is 6.92 Å². The van der Waals surface area contributed by atoms with Gasteiger partial charge < -0.3 is 25.0 Å². The highest BCUT2D eigenvalue weighted by Gasteiger charge is 2.06. The van der Waals surface area contributed by atoms with E-state index in [1.807, 2.05) is 43.3 Å². The van der Waals surface area contributed by atoms with Crippen LogP contribution >= 0.6 is 0 Å². The van der Waals surface area contributed by atoms with Crippen LogP contribution in [0.3, 0.4) is 0 Å². The Balaban J connectivity index is 1.88. The zero-order chi connectivity index (χ0) is 18.2. The molecular formula is C18H21N3O4. The number of amides is 2. The number of hydrogen-bond acceptors (Lipinski definition) is 5. The summed E-state index contributed by atoms with van der Waals surface area (Å²) in [5, 5.41) is 5.45. The third kappa shape index (κ3) is 5.72. The molecule has 0 saturated heterocycles. The van der Waals surface area contributed by atoms with Gasteiger partial charge in [-0.05, 0) is 55.5 Å². The molecule has 0 aromatic heterocycles. The fourth-order valence-corrected chi connectivity index (χ4v) is 1.99. The zero-order valence-corrected chi connectivity index (χ0v) is 14.4. The van der Waals surface area contributed by atoms with Crippen LogP contribution in [0.4, 0.5) is 26.7 Å². The average molecular weight is 343 g/mol. The first-order chi connectivity index (χ1) is 12.0. The van der Waals surface area contributed by atoms with Gasteiger partial charge in [-0.25, -0.2) is 9.59 Å². The first-order valence-corrected chi connectivity index (χ1v) is 7.78. The van der Waals surface area contributed by atoms with Gasteiger partial charge in [0.2, 0.25) is 0 Å². The summed E-state index contributed by atoms with van der Waals surface area (Å²) in [5.74, 6) is 0.337. The van der Waals surface area contributed by atoms with Gasteiger partial charge >= 0.3 is 12.2 Å². The number of ether oxygens (including phenoxy) is 2. The predicted octanol–water partition coefficient (Wildman–Crippen LogP) is 3.93. The number of urea groups is 1. The lowest BCUT2D eigenvalue weighted by Crippen LogP contribution is -2.19. The molecule has 0 aliphatic carbocycles. The second kappa shape index (κ2) is 8.58. The van der Waals surface area contributed by atoms with Crippen molar-refractivity contribution in [3.63, 3.8) is 0 Å². The van der Waals surface area contributed by atoms with E-state index in [2.05, 4.69) is 15.4 Å². The fraction of sp³-hybridized carbons (Fsp3) is 0.222. The molecule has 2 aromatic rings. The Hall–Kier alpha value is -3.22. The average Bonchev–Trinajstić information content (AvgIpc) is 2.57. The molecule has 0 saturated carbocycles. The van der Waals surface area contributed by atoms with Crippen molar-refractivity contribution in [3.05, 3.63) is 48.5 Å². The number of anilines is 3. The van der Waals surface area contributed by atoms with Crippen molar-refractivity contribution in [1.82, 2.24) is 0 Å². The van der Waals surface area contributed by atoms with Gasteiger partial charge in [0, 0.05) is 31.2 Å². The maximum absolute atomic E-state index is 12.0. The maximum atomic E-state index is 12.0. The maximum Gasteiger partial charge on any atom is 0.513 e. The highest BCUT2D eigenvalue weighted by atomic mass is 16.7. The van der Waals surface area contributed by atoms with Gasteiger partial charge in [0.25, 0.3) is 0 Å². The van der Waals surface area contributed by atoms with Gasteiger partial charge in [-0.15, -0.1) is 0 Å². The number of benzene rings is 2. The normalized spacial score (nSPS) is 9.88. The Bertz CT molecular complexity index is 712. The van der Waals surface area contributed by atoms with Crippen LogP contribution in [-0.2, 0) is 4.74 Å². The van der Waals surface area contributed by atoms with E-state index >= 15 is 0 Å². The third-order valence-electron chi connectivity index (χ3n) is 3.22. The Morgan fingerprint density at radius 3 is 1.92 bits per heavy atom. The minimum absolute atomic E-state index is 0.244. The molecule has 7 nitrogen and oxygen atoms in total. The summed E-state index contributed by atoms with van der Waals surface area (Å²) in [7, 11) is 3.90. The van der Waals surface area contributed by atoms with E-state index in [1.54, 1.807) is 31.2 Å². The minimum atomic E-state index is -0.762. The Morgan fingerprint density at radius 2 is 1.44 bits per heavy atom. The molecule has 0 unspecified atom stereocenters. The third-order valence-corrected chi connectivity index (χ3v) is 3.22. The lowest BCUT2D eigenvalue weighted by atomic mass is 10.2. The minimum Gasteiger partial charge on any atom is -0.434 e. The number of nitrogens with zero attached hydrogens (tertiary/aromatic N) is 1. The van der Waals surface area contributed by atoms with E-state index in [-0.39, 0.29) is 12.6 Å². The molecule has 0 aliphatic rings. The molecule has 0 radical (unpaired) electrons. The van der Waals surface area contributed by atoms with Crippen LogP contribution in [0.5, 0.6) is 5.75 Å². The summed E-state index contributed by atoms with van der Waals surface area (Å²) >= 11 is 0. The molecule has 0 spiro atoms. The smallest absolute Gasteiger partial charge is 0.434 e. The van der Waals surface area contributed by atoms with Crippen LogP contribution in [0.15, 0.2) is 48.5 Å². The van der Waals surface area contributed by atoms with Gasteiger partial charge in [0.15, 0.2) is 0 Å². The van der Waals surface area contributed by atoms with Gasteiger partial charge in [0.1, 0.15) is 5.75 Å². The molecule has 0 fully saturated rings. The topological polar surface area (TPSA) is 79.9 Å². The van der Waals surface area contributed by atoms with Crippen LogP contribution in [0.2, 0.25) is 0 Å².